The zero-order valence-corrected chi connectivity index (χ0v) is 16.0. The molecule has 0 spiro atoms. The molecule has 3 rings (SSSR count). The molecule has 0 saturated carbocycles. The molecule has 0 saturated heterocycles. The van der Waals surface area contributed by atoms with E-state index in [9.17, 15) is 14.0 Å². The number of esters is 1. The number of fused-ring (bicyclic) bond motifs is 1. The predicted octanol–water partition coefficient (Wildman–Crippen LogP) is 3.41. The summed E-state index contributed by atoms with van der Waals surface area (Å²) in [6, 6.07) is 9.82. The van der Waals surface area contributed by atoms with Crippen molar-refractivity contribution >= 4 is 17.6 Å². The van der Waals surface area contributed by atoms with Gasteiger partial charge in [0.1, 0.15) is 11.4 Å². The summed E-state index contributed by atoms with van der Waals surface area (Å²) in [5.74, 6) is -0.606. The van der Waals surface area contributed by atoms with Crippen molar-refractivity contribution in [2.24, 2.45) is 0 Å². The van der Waals surface area contributed by atoms with Gasteiger partial charge in [-0.2, -0.15) is 0 Å². The van der Waals surface area contributed by atoms with E-state index in [0.717, 1.165) is 12.0 Å². The molecule has 2 aromatic rings. The number of carbonyl (C=O) groups excluding carboxylic acids is 2. The fourth-order valence-corrected chi connectivity index (χ4v) is 2.89. The summed E-state index contributed by atoms with van der Waals surface area (Å²) in [7, 11) is 0. The van der Waals surface area contributed by atoms with Crippen molar-refractivity contribution < 1.29 is 28.2 Å². The number of nitrogens with one attached hydrogen (secondary N) is 1. The number of anilines is 1. The van der Waals surface area contributed by atoms with Gasteiger partial charge in [0.05, 0.1) is 0 Å². The number of para-hydroxylation sites is 1. The van der Waals surface area contributed by atoms with Crippen LogP contribution < -0.4 is 14.8 Å². The van der Waals surface area contributed by atoms with Crippen molar-refractivity contribution in [3.8, 4) is 11.5 Å². The average molecular weight is 387 g/mol. The van der Waals surface area contributed by atoms with Gasteiger partial charge in [-0.15, -0.1) is 0 Å². The number of carbonyl (C=O) groups is 2. The molecule has 0 atom stereocenters. The van der Waals surface area contributed by atoms with Crippen LogP contribution in [0.2, 0.25) is 0 Å². The zero-order chi connectivity index (χ0) is 20.3. The van der Waals surface area contributed by atoms with Gasteiger partial charge < -0.3 is 19.5 Å². The van der Waals surface area contributed by atoms with E-state index in [4.69, 9.17) is 14.2 Å². The van der Waals surface area contributed by atoms with Crippen LogP contribution in [0.4, 0.5) is 10.1 Å². The van der Waals surface area contributed by atoms with Crippen LogP contribution in [0, 0.1) is 12.7 Å². The van der Waals surface area contributed by atoms with Crippen LogP contribution in [0.5, 0.6) is 11.5 Å². The molecular formula is C21H22FNO5. The fraction of sp³-hybridized carbons (Fsp3) is 0.333. The maximum atomic E-state index is 13.5. The summed E-state index contributed by atoms with van der Waals surface area (Å²) in [6.07, 6.45) is 0.754. The third kappa shape index (κ3) is 4.79. The molecular weight excluding hydrogens is 365 g/mol. The van der Waals surface area contributed by atoms with E-state index in [1.807, 2.05) is 26.0 Å². The van der Waals surface area contributed by atoms with Crippen LogP contribution in [0.25, 0.3) is 0 Å². The van der Waals surface area contributed by atoms with E-state index in [2.05, 4.69) is 5.32 Å². The Morgan fingerprint density at radius 2 is 2.00 bits per heavy atom. The molecule has 2 aromatic carbocycles. The van der Waals surface area contributed by atoms with Crippen LogP contribution >= 0.6 is 0 Å². The number of benzene rings is 2. The highest BCUT2D eigenvalue weighted by molar-refractivity contribution is 5.92. The molecule has 0 fully saturated rings. The van der Waals surface area contributed by atoms with Gasteiger partial charge in [0.25, 0.3) is 5.91 Å². The second-order valence-corrected chi connectivity index (χ2v) is 7.24. The summed E-state index contributed by atoms with van der Waals surface area (Å²) in [5, 5.41) is 2.47. The lowest BCUT2D eigenvalue weighted by Gasteiger charge is -2.18. The molecule has 6 nitrogen and oxygen atoms in total. The van der Waals surface area contributed by atoms with E-state index in [1.165, 1.54) is 6.07 Å². The molecule has 0 unspecified atom stereocenters. The minimum atomic E-state index is -0.694. The van der Waals surface area contributed by atoms with E-state index in [1.54, 1.807) is 25.1 Å². The van der Waals surface area contributed by atoms with Gasteiger partial charge in [0.15, 0.2) is 24.7 Å². The molecule has 1 aliphatic rings. The Labute approximate surface area is 162 Å². The molecule has 7 heteroatoms. The van der Waals surface area contributed by atoms with E-state index >= 15 is 0 Å². The van der Waals surface area contributed by atoms with Gasteiger partial charge in [-0.1, -0.05) is 18.2 Å². The number of aryl methyl sites for hydroxylation is 1. The lowest BCUT2D eigenvalue weighted by atomic mass is 10.0. The van der Waals surface area contributed by atoms with Crippen molar-refractivity contribution in [3.05, 3.63) is 53.3 Å². The summed E-state index contributed by atoms with van der Waals surface area (Å²) < 4.78 is 29.8. The largest absolute Gasteiger partial charge is 0.483 e. The van der Waals surface area contributed by atoms with Crippen molar-refractivity contribution in [2.75, 3.05) is 18.5 Å². The first-order valence-electron chi connectivity index (χ1n) is 8.89. The number of amides is 1. The van der Waals surface area contributed by atoms with Gasteiger partial charge in [0.2, 0.25) is 0 Å². The van der Waals surface area contributed by atoms with Gasteiger partial charge in [-0.25, -0.2) is 9.18 Å². The fourth-order valence-electron chi connectivity index (χ4n) is 2.89. The van der Waals surface area contributed by atoms with Crippen LogP contribution in [0.3, 0.4) is 0 Å². The average Bonchev–Trinajstić information content (AvgIpc) is 2.95. The number of ether oxygens (including phenoxy) is 3. The molecule has 0 aliphatic carbocycles. The monoisotopic (exact) mass is 387 g/mol. The van der Waals surface area contributed by atoms with Crippen LogP contribution in [-0.4, -0.2) is 30.7 Å². The normalized spacial score (nSPS) is 14.0. The van der Waals surface area contributed by atoms with Crippen LogP contribution in [0.15, 0.2) is 36.4 Å². The summed E-state index contributed by atoms with van der Waals surface area (Å²) in [5.41, 5.74) is 1.46. The van der Waals surface area contributed by atoms with Gasteiger partial charge >= 0.3 is 5.97 Å². The quantitative estimate of drug-likeness (QED) is 0.769. The standard InChI is InChI=1S/C21H22FNO5/c1-13-7-8-15(9-16(13)22)23-18(24)11-27-19(25)12-26-17-6-4-5-14-10-21(2,3)28-20(14)17/h4-9H,10-12H2,1-3H3,(H,23,24). The maximum absolute atomic E-state index is 13.5. The summed E-state index contributed by atoms with van der Waals surface area (Å²) in [6.45, 7) is 4.73. The third-order valence-electron chi connectivity index (χ3n) is 4.22. The highest BCUT2D eigenvalue weighted by Gasteiger charge is 2.32. The van der Waals surface area contributed by atoms with E-state index in [-0.39, 0.29) is 12.2 Å². The van der Waals surface area contributed by atoms with Crippen molar-refractivity contribution in [1.29, 1.82) is 0 Å². The molecule has 0 bridgehead atoms. The van der Waals surface area contributed by atoms with E-state index in [0.29, 0.717) is 22.7 Å². The number of hydrogen-bond acceptors (Lipinski definition) is 5. The molecule has 1 N–H and O–H groups in total. The molecule has 1 amide bonds. The first-order valence-corrected chi connectivity index (χ1v) is 8.89. The molecule has 0 aromatic heterocycles. The summed E-state index contributed by atoms with van der Waals surface area (Å²) in [4.78, 5) is 23.7. The Balaban J connectivity index is 1.47. The highest BCUT2D eigenvalue weighted by Crippen LogP contribution is 2.41. The maximum Gasteiger partial charge on any atom is 0.344 e. The predicted molar refractivity (Wildman–Crippen MR) is 101 cm³/mol. The molecule has 1 aliphatic heterocycles. The number of halogens is 1. The smallest absolute Gasteiger partial charge is 0.344 e. The lowest BCUT2D eigenvalue weighted by molar-refractivity contribution is -0.149. The van der Waals surface area contributed by atoms with Crippen LogP contribution in [-0.2, 0) is 20.7 Å². The van der Waals surface area contributed by atoms with Crippen molar-refractivity contribution in [3.63, 3.8) is 0 Å². The summed E-state index contributed by atoms with van der Waals surface area (Å²) >= 11 is 0. The molecule has 0 radical (unpaired) electrons. The Morgan fingerprint density at radius 3 is 2.75 bits per heavy atom. The van der Waals surface area contributed by atoms with Crippen molar-refractivity contribution in [2.45, 2.75) is 32.8 Å². The number of hydrogen-bond donors (Lipinski definition) is 1. The SMILES string of the molecule is Cc1ccc(NC(=O)COC(=O)COc2cccc3c2OC(C)(C)C3)cc1F. The molecule has 28 heavy (non-hydrogen) atoms. The van der Waals surface area contributed by atoms with Gasteiger partial charge in [-0.05, 0) is 44.5 Å². The second-order valence-electron chi connectivity index (χ2n) is 7.24. The Hall–Kier alpha value is -3.09. The lowest BCUT2D eigenvalue weighted by Crippen LogP contribution is -2.25. The second kappa shape index (κ2) is 7.88. The minimum absolute atomic E-state index is 0.292. The Bertz CT molecular complexity index is 910. The third-order valence-corrected chi connectivity index (χ3v) is 4.22. The zero-order valence-electron chi connectivity index (χ0n) is 16.0. The first-order chi connectivity index (χ1) is 13.2. The van der Waals surface area contributed by atoms with Gasteiger partial charge in [-0.3, -0.25) is 4.79 Å². The molecule has 148 valence electrons. The van der Waals surface area contributed by atoms with E-state index < -0.39 is 24.3 Å². The Kier molecular flexibility index (Phi) is 5.53. The van der Waals surface area contributed by atoms with Crippen LogP contribution in [0.1, 0.15) is 25.0 Å². The van der Waals surface area contributed by atoms with Crippen molar-refractivity contribution in [1.82, 2.24) is 0 Å². The molecule has 1 heterocycles. The Morgan fingerprint density at radius 1 is 1.21 bits per heavy atom. The topological polar surface area (TPSA) is 73.9 Å². The minimum Gasteiger partial charge on any atom is -0.483 e. The highest BCUT2D eigenvalue weighted by atomic mass is 19.1. The van der Waals surface area contributed by atoms with Gasteiger partial charge in [0, 0.05) is 17.7 Å². The number of rotatable bonds is 6. The first kappa shape index (κ1) is 19.7.